The van der Waals surface area contributed by atoms with E-state index in [9.17, 15) is 0 Å². The molecule has 0 aliphatic carbocycles. The number of unbranched alkanes of at least 4 members (excludes halogenated alkanes) is 1. The monoisotopic (exact) mass is 203 g/mol. The first-order valence-corrected chi connectivity index (χ1v) is 5.31. The highest BCUT2D eigenvalue weighted by molar-refractivity contribution is 5.56. The molecule has 0 fully saturated rings. The first-order chi connectivity index (χ1) is 7.19. The maximum atomic E-state index is 9.02. The second kappa shape index (κ2) is 5.35. The number of aryl methyl sites for hydroxylation is 2. The van der Waals surface area contributed by atoms with E-state index in [0.717, 1.165) is 36.5 Å². The molecule has 0 saturated heterocycles. The molecule has 0 aliphatic rings. The predicted molar refractivity (Wildman–Crippen MR) is 61.8 cm³/mol. The van der Waals surface area contributed by atoms with Crippen molar-refractivity contribution in [1.29, 1.82) is 5.26 Å². The zero-order valence-corrected chi connectivity index (χ0v) is 9.59. The molecule has 0 amide bonds. The topological polar surface area (TPSA) is 48.7 Å². The van der Waals surface area contributed by atoms with Gasteiger partial charge in [0.1, 0.15) is 11.9 Å². The summed E-state index contributed by atoms with van der Waals surface area (Å²) in [6, 6.07) is 4.13. The Morgan fingerprint density at radius 2 is 2.20 bits per heavy atom. The lowest BCUT2D eigenvalue weighted by Crippen LogP contribution is -2.06. The van der Waals surface area contributed by atoms with Crippen LogP contribution in [0.15, 0.2) is 6.07 Å². The third kappa shape index (κ3) is 2.95. The maximum Gasteiger partial charge on any atom is 0.144 e. The van der Waals surface area contributed by atoms with Gasteiger partial charge in [0.15, 0.2) is 0 Å². The molecule has 1 aromatic heterocycles. The van der Waals surface area contributed by atoms with Gasteiger partial charge in [0, 0.05) is 12.2 Å². The van der Waals surface area contributed by atoms with Crippen LogP contribution in [0.4, 0.5) is 5.82 Å². The number of anilines is 1. The summed E-state index contributed by atoms with van der Waals surface area (Å²) in [6.45, 7) is 6.90. The summed E-state index contributed by atoms with van der Waals surface area (Å²) in [7, 11) is 0. The fourth-order valence-corrected chi connectivity index (χ4v) is 1.49. The fourth-order valence-electron chi connectivity index (χ4n) is 1.49. The van der Waals surface area contributed by atoms with Gasteiger partial charge in [-0.2, -0.15) is 5.26 Å². The van der Waals surface area contributed by atoms with E-state index < -0.39 is 0 Å². The molecule has 0 aromatic carbocycles. The molecule has 1 rings (SSSR count). The van der Waals surface area contributed by atoms with Crippen LogP contribution in [0, 0.1) is 25.2 Å². The summed E-state index contributed by atoms with van der Waals surface area (Å²) < 4.78 is 0. The Balaban J connectivity index is 2.90. The van der Waals surface area contributed by atoms with Gasteiger partial charge in [-0.05, 0) is 31.9 Å². The summed E-state index contributed by atoms with van der Waals surface area (Å²) in [5.41, 5.74) is 2.60. The molecule has 0 bridgehead atoms. The molecule has 1 N–H and O–H groups in total. The minimum atomic E-state index is 0.664. The molecule has 1 heterocycles. The Hall–Kier alpha value is -1.56. The molecule has 0 spiro atoms. The van der Waals surface area contributed by atoms with Crippen molar-refractivity contribution in [2.75, 3.05) is 11.9 Å². The molecule has 3 nitrogen and oxygen atoms in total. The fraction of sp³-hybridized carbons (Fsp3) is 0.500. The first kappa shape index (κ1) is 11.5. The van der Waals surface area contributed by atoms with Crippen LogP contribution in [0.3, 0.4) is 0 Å². The number of nitrogens with zero attached hydrogens (tertiary/aromatic N) is 2. The Bertz CT molecular complexity index is 377. The quantitative estimate of drug-likeness (QED) is 0.765. The number of hydrogen-bond acceptors (Lipinski definition) is 3. The van der Waals surface area contributed by atoms with Crippen LogP contribution in [-0.4, -0.2) is 11.5 Å². The molecule has 80 valence electrons. The lowest BCUT2D eigenvalue weighted by Gasteiger charge is -2.09. The highest BCUT2D eigenvalue weighted by Crippen LogP contribution is 2.17. The van der Waals surface area contributed by atoms with Crippen molar-refractivity contribution in [3.8, 4) is 6.07 Å². The number of rotatable bonds is 4. The van der Waals surface area contributed by atoms with Gasteiger partial charge < -0.3 is 5.32 Å². The Morgan fingerprint density at radius 1 is 1.47 bits per heavy atom. The third-order valence-corrected chi connectivity index (χ3v) is 2.28. The van der Waals surface area contributed by atoms with E-state index in [0.29, 0.717) is 5.56 Å². The SMILES string of the molecule is CCCCNc1nc(C)cc(C)c1C#N. The van der Waals surface area contributed by atoms with Crippen molar-refractivity contribution in [2.24, 2.45) is 0 Å². The minimum absolute atomic E-state index is 0.664. The van der Waals surface area contributed by atoms with Crippen molar-refractivity contribution in [3.05, 3.63) is 22.9 Å². The van der Waals surface area contributed by atoms with E-state index in [1.807, 2.05) is 19.9 Å². The van der Waals surface area contributed by atoms with E-state index in [1.54, 1.807) is 0 Å². The van der Waals surface area contributed by atoms with Crippen molar-refractivity contribution in [2.45, 2.75) is 33.6 Å². The molecule has 0 aliphatic heterocycles. The summed E-state index contributed by atoms with van der Waals surface area (Å²) in [5, 5.41) is 12.2. The van der Waals surface area contributed by atoms with Gasteiger partial charge >= 0.3 is 0 Å². The van der Waals surface area contributed by atoms with E-state index in [4.69, 9.17) is 5.26 Å². The number of nitrogens with one attached hydrogen (secondary N) is 1. The first-order valence-electron chi connectivity index (χ1n) is 5.31. The molecular formula is C12H17N3. The number of aromatic nitrogens is 1. The van der Waals surface area contributed by atoms with E-state index in [-0.39, 0.29) is 0 Å². The Kier molecular flexibility index (Phi) is 4.11. The van der Waals surface area contributed by atoms with Gasteiger partial charge in [-0.25, -0.2) is 4.98 Å². The Morgan fingerprint density at radius 3 is 2.80 bits per heavy atom. The summed E-state index contributed by atoms with van der Waals surface area (Å²) in [5.74, 6) is 0.725. The van der Waals surface area contributed by atoms with Crippen LogP contribution in [0.1, 0.15) is 36.6 Å². The highest BCUT2D eigenvalue weighted by Gasteiger charge is 2.07. The molecule has 0 saturated carbocycles. The molecule has 0 radical (unpaired) electrons. The lowest BCUT2D eigenvalue weighted by atomic mass is 10.1. The average molecular weight is 203 g/mol. The summed E-state index contributed by atoms with van der Waals surface area (Å²) in [6.07, 6.45) is 2.24. The second-order valence-electron chi connectivity index (χ2n) is 3.70. The zero-order chi connectivity index (χ0) is 11.3. The van der Waals surface area contributed by atoms with Gasteiger partial charge in [-0.3, -0.25) is 0 Å². The van der Waals surface area contributed by atoms with Crippen LogP contribution < -0.4 is 5.32 Å². The van der Waals surface area contributed by atoms with Gasteiger partial charge in [0.05, 0.1) is 5.56 Å². The molecule has 0 unspecified atom stereocenters. The van der Waals surface area contributed by atoms with E-state index in [2.05, 4.69) is 23.3 Å². The minimum Gasteiger partial charge on any atom is -0.369 e. The summed E-state index contributed by atoms with van der Waals surface area (Å²) >= 11 is 0. The van der Waals surface area contributed by atoms with Crippen LogP contribution in [0.5, 0.6) is 0 Å². The standard InChI is InChI=1S/C12H17N3/c1-4-5-6-14-12-11(8-13)9(2)7-10(3)15-12/h7H,4-6H2,1-3H3,(H,14,15). The molecule has 1 aromatic rings. The largest absolute Gasteiger partial charge is 0.369 e. The van der Waals surface area contributed by atoms with Gasteiger partial charge in [-0.1, -0.05) is 13.3 Å². The maximum absolute atomic E-state index is 9.02. The van der Waals surface area contributed by atoms with Gasteiger partial charge in [0.2, 0.25) is 0 Å². The van der Waals surface area contributed by atoms with Crippen LogP contribution >= 0.6 is 0 Å². The van der Waals surface area contributed by atoms with Crippen molar-refractivity contribution in [1.82, 2.24) is 4.98 Å². The van der Waals surface area contributed by atoms with Crippen molar-refractivity contribution < 1.29 is 0 Å². The summed E-state index contributed by atoms with van der Waals surface area (Å²) in [4.78, 5) is 4.34. The Labute approximate surface area is 91.1 Å². The number of hydrogen-bond donors (Lipinski definition) is 1. The highest BCUT2D eigenvalue weighted by atomic mass is 15.0. The van der Waals surface area contributed by atoms with Crippen molar-refractivity contribution >= 4 is 5.82 Å². The normalized spacial score (nSPS) is 9.73. The zero-order valence-electron chi connectivity index (χ0n) is 9.59. The van der Waals surface area contributed by atoms with Gasteiger partial charge in [0.25, 0.3) is 0 Å². The average Bonchev–Trinajstić information content (AvgIpc) is 2.17. The number of pyridine rings is 1. The van der Waals surface area contributed by atoms with Crippen LogP contribution in [0.25, 0.3) is 0 Å². The predicted octanol–water partition coefficient (Wildman–Crippen LogP) is 2.78. The third-order valence-electron chi connectivity index (χ3n) is 2.28. The molecule has 15 heavy (non-hydrogen) atoms. The molecule has 0 atom stereocenters. The second-order valence-corrected chi connectivity index (χ2v) is 3.70. The van der Waals surface area contributed by atoms with E-state index in [1.165, 1.54) is 0 Å². The van der Waals surface area contributed by atoms with Crippen molar-refractivity contribution in [3.63, 3.8) is 0 Å². The van der Waals surface area contributed by atoms with Gasteiger partial charge in [-0.15, -0.1) is 0 Å². The van der Waals surface area contributed by atoms with Crippen LogP contribution in [-0.2, 0) is 0 Å². The number of nitriles is 1. The lowest BCUT2D eigenvalue weighted by molar-refractivity contribution is 0.829. The molecular weight excluding hydrogens is 186 g/mol. The van der Waals surface area contributed by atoms with Crippen LogP contribution in [0.2, 0.25) is 0 Å². The van der Waals surface area contributed by atoms with E-state index >= 15 is 0 Å². The molecule has 3 heteroatoms. The smallest absolute Gasteiger partial charge is 0.144 e.